The van der Waals surface area contributed by atoms with Crippen LogP contribution in [0, 0.1) is 5.82 Å². The molecule has 0 bridgehead atoms. The van der Waals surface area contributed by atoms with Gasteiger partial charge in [-0.25, -0.2) is 4.39 Å². The Hall–Kier alpha value is -3.41. The molecule has 0 aliphatic heterocycles. The molecule has 0 aliphatic carbocycles. The van der Waals surface area contributed by atoms with Crippen molar-refractivity contribution in [1.82, 2.24) is 14.3 Å². The minimum atomic E-state index is -0.396. The summed E-state index contributed by atoms with van der Waals surface area (Å²) in [4.78, 5) is 24.9. The topological polar surface area (TPSA) is 55.5 Å². The van der Waals surface area contributed by atoms with Crippen molar-refractivity contribution in [1.29, 1.82) is 0 Å². The fourth-order valence-electron chi connectivity index (χ4n) is 3.43. The van der Waals surface area contributed by atoms with Crippen molar-refractivity contribution in [2.75, 3.05) is 0 Å². The van der Waals surface area contributed by atoms with Gasteiger partial charge in [0, 0.05) is 25.7 Å². The van der Waals surface area contributed by atoms with Crippen LogP contribution in [-0.2, 0) is 17.9 Å². The molecule has 0 atom stereocenters. The number of halogens is 1. The van der Waals surface area contributed by atoms with E-state index in [2.05, 4.69) is 5.32 Å². The van der Waals surface area contributed by atoms with Gasteiger partial charge in [0.05, 0.1) is 11.0 Å². The van der Waals surface area contributed by atoms with Crippen LogP contribution in [0.25, 0.3) is 16.6 Å². The number of aryl methyl sites for hydroxylation is 1. The van der Waals surface area contributed by atoms with Gasteiger partial charge in [-0.1, -0.05) is 30.3 Å². The average molecular weight is 377 g/mol. The van der Waals surface area contributed by atoms with E-state index >= 15 is 0 Å². The van der Waals surface area contributed by atoms with Crippen LogP contribution in [0.5, 0.6) is 0 Å². The normalized spacial score (nSPS) is 11.2. The maximum atomic E-state index is 13.8. The molecule has 1 amide bonds. The Morgan fingerprint density at radius 3 is 2.61 bits per heavy atom. The summed E-state index contributed by atoms with van der Waals surface area (Å²) in [5.41, 5.74) is 2.67. The van der Waals surface area contributed by atoms with Gasteiger partial charge in [-0.2, -0.15) is 0 Å². The number of carbonyl (C=O) groups excluding carboxylic acids is 1. The van der Waals surface area contributed by atoms with Crippen molar-refractivity contribution in [3.05, 3.63) is 88.6 Å². The summed E-state index contributed by atoms with van der Waals surface area (Å²) in [6.45, 7) is 0.823. The van der Waals surface area contributed by atoms with Gasteiger partial charge in [-0.15, -0.1) is 0 Å². The number of carbonyl (C=O) groups is 1. The molecule has 0 unspecified atom stereocenters. The zero-order valence-electron chi connectivity index (χ0n) is 15.3. The third-order valence-electron chi connectivity index (χ3n) is 4.82. The van der Waals surface area contributed by atoms with Crippen molar-refractivity contribution in [3.8, 4) is 0 Å². The molecular weight excluding hydrogens is 357 g/mol. The van der Waals surface area contributed by atoms with E-state index in [9.17, 15) is 14.0 Å². The molecule has 4 rings (SSSR count). The first-order valence-corrected chi connectivity index (χ1v) is 9.23. The number of rotatable bonds is 6. The summed E-state index contributed by atoms with van der Waals surface area (Å²) >= 11 is 0. The van der Waals surface area contributed by atoms with Crippen molar-refractivity contribution in [3.63, 3.8) is 0 Å². The number of hydrogen-bond donors (Lipinski definition) is 1. The van der Waals surface area contributed by atoms with Gasteiger partial charge in [0.15, 0.2) is 0 Å². The summed E-state index contributed by atoms with van der Waals surface area (Å²) in [6.07, 6.45) is 2.57. The Bertz CT molecular complexity index is 1200. The summed E-state index contributed by atoms with van der Waals surface area (Å²) in [6, 6.07) is 17.6. The van der Waals surface area contributed by atoms with Crippen LogP contribution in [0.3, 0.4) is 0 Å². The van der Waals surface area contributed by atoms with Gasteiger partial charge < -0.3 is 14.3 Å². The lowest BCUT2D eigenvalue weighted by Crippen LogP contribution is -2.25. The summed E-state index contributed by atoms with van der Waals surface area (Å²) in [5, 5.41) is 2.88. The summed E-state index contributed by atoms with van der Waals surface area (Å²) in [5.74, 6) is -0.469. The molecule has 5 nitrogen and oxygen atoms in total. The second-order valence-corrected chi connectivity index (χ2v) is 6.72. The molecule has 2 heterocycles. The van der Waals surface area contributed by atoms with Crippen LogP contribution in [0.15, 0.2) is 71.7 Å². The molecule has 2 aromatic heterocycles. The van der Waals surface area contributed by atoms with E-state index in [1.807, 2.05) is 30.3 Å². The van der Waals surface area contributed by atoms with Crippen molar-refractivity contribution < 1.29 is 9.18 Å². The Kier molecular flexibility index (Phi) is 4.93. The van der Waals surface area contributed by atoms with Crippen LogP contribution < -0.4 is 10.9 Å². The van der Waals surface area contributed by atoms with E-state index in [0.29, 0.717) is 37.0 Å². The lowest BCUT2D eigenvalue weighted by Gasteiger charge is -2.13. The minimum Gasteiger partial charge on any atom is -0.352 e. The molecule has 6 heteroatoms. The van der Waals surface area contributed by atoms with Gasteiger partial charge in [0.25, 0.3) is 5.56 Å². The first-order valence-electron chi connectivity index (χ1n) is 9.23. The molecule has 0 saturated heterocycles. The highest BCUT2D eigenvalue weighted by molar-refractivity contribution is 5.79. The Morgan fingerprint density at radius 2 is 1.79 bits per heavy atom. The molecular formula is C22H20FN3O2. The van der Waals surface area contributed by atoms with Crippen molar-refractivity contribution in [2.45, 2.75) is 25.9 Å². The molecule has 2 aromatic carbocycles. The molecule has 28 heavy (non-hydrogen) atoms. The first kappa shape index (κ1) is 18.0. The number of benzene rings is 2. The van der Waals surface area contributed by atoms with Gasteiger partial charge >= 0.3 is 0 Å². The lowest BCUT2D eigenvalue weighted by atomic mass is 10.2. The number of amides is 1. The largest absolute Gasteiger partial charge is 0.352 e. The number of nitrogens with zero attached hydrogens (tertiary/aromatic N) is 2. The van der Waals surface area contributed by atoms with Crippen LogP contribution in [-0.4, -0.2) is 14.9 Å². The third-order valence-corrected chi connectivity index (χ3v) is 4.82. The molecule has 1 N–H and O–H groups in total. The molecule has 142 valence electrons. The smallest absolute Gasteiger partial charge is 0.275 e. The van der Waals surface area contributed by atoms with Gasteiger partial charge in [0.1, 0.15) is 11.3 Å². The zero-order valence-corrected chi connectivity index (χ0v) is 15.3. The van der Waals surface area contributed by atoms with E-state index in [1.165, 1.54) is 12.1 Å². The van der Waals surface area contributed by atoms with Crippen LogP contribution in [0.1, 0.15) is 18.4 Å². The molecule has 0 aliphatic rings. The fraction of sp³-hybridized carbons (Fsp3) is 0.182. The first-order chi connectivity index (χ1) is 13.6. The maximum absolute atomic E-state index is 13.8. The van der Waals surface area contributed by atoms with Gasteiger partial charge in [-0.3, -0.25) is 9.59 Å². The number of fused-ring (bicyclic) bond motifs is 3. The monoisotopic (exact) mass is 377 g/mol. The van der Waals surface area contributed by atoms with Crippen molar-refractivity contribution >= 4 is 22.5 Å². The Labute approximate surface area is 161 Å². The summed E-state index contributed by atoms with van der Waals surface area (Å²) in [7, 11) is 0. The minimum absolute atomic E-state index is 0.0730. The number of hydrogen-bond acceptors (Lipinski definition) is 2. The fourth-order valence-corrected chi connectivity index (χ4v) is 3.43. The van der Waals surface area contributed by atoms with E-state index in [-0.39, 0.29) is 11.5 Å². The van der Waals surface area contributed by atoms with E-state index in [4.69, 9.17) is 0 Å². The highest BCUT2D eigenvalue weighted by atomic mass is 19.1. The second kappa shape index (κ2) is 7.68. The third kappa shape index (κ3) is 3.53. The second-order valence-electron chi connectivity index (χ2n) is 6.72. The maximum Gasteiger partial charge on any atom is 0.275 e. The van der Waals surface area contributed by atoms with E-state index in [1.54, 1.807) is 33.4 Å². The van der Waals surface area contributed by atoms with E-state index < -0.39 is 5.82 Å². The van der Waals surface area contributed by atoms with Crippen LogP contribution in [0.2, 0.25) is 0 Å². The van der Waals surface area contributed by atoms with Gasteiger partial charge in [0.2, 0.25) is 5.91 Å². The molecule has 0 radical (unpaired) electrons. The lowest BCUT2D eigenvalue weighted by molar-refractivity contribution is -0.121. The zero-order chi connectivity index (χ0) is 19.5. The predicted molar refractivity (Wildman–Crippen MR) is 107 cm³/mol. The van der Waals surface area contributed by atoms with Crippen LogP contribution in [0.4, 0.5) is 4.39 Å². The quantitative estimate of drug-likeness (QED) is 0.559. The van der Waals surface area contributed by atoms with E-state index in [0.717, 1.165) is 11.1 Å². The summed E-state index contributed by atoms with van der Waals surface area (Å²) < 4.78 is 17.1. The van der Waals surface area contributed by atoms with Crippen molar-refractivity contribution in [2.24, 2.45) is 0 Å². The molecule has 0 spiro atoms. The van der Waals surface area contributed by atoms with Gasteiger partial charge in [-0.05, 0) is 42.3 Å². The highest BCUT2D eigenvalue weighted by Crippen LogP contribution is 2.17. The number of aromatic nitrogens is 2. The average Bonchev–Trinajstić information content (AvgIpc) is 3.20. The van der Waals surface area contributed by atoms with Crippen LogP contribution >= 0.6 is 0 Å². The molecule has 0 saturated carbocycles. The SMILES string of the molecule is O=C(CCCn1c(=O)c2cccn2c2ccc(F)cc21)NCc1ccccc1. The molecule has 4 aromatic rings. The Balaban J connectivity index is 1.49. The predicted octanol–water partition coefficient (Wildman–Crippen LogP) is 3.49. The number of nitrogens with one attached hydrogen (secondary N) is 1. The standard InChI is InChI=1S/C22H20FN3O2/c23-17-10-11-18-20(14-17)26(22(28)19-8-4-12-25(18)19)13-5-9-21(27)24-15-16-6-2-1-3-7-16/h1-4,6-8,10-12,14H,5,9,13,15H2,(H,24,27). The Morgan fingerprint density at radius 1 is 0.964 bits per heavy atom. The molecule has 0 fully saturated rings. The highest BCUT2D eigenvalue weighted by Gasteiger charge is 2.12.